The van der Waals surface area contributed by atoms with Gasteiger partial charge in [-0.15, -0.1) is 0 Å². The Hall–Kier alpha value is -2.84. The van der Waals surface area contributed by atoms with Gasteiger partial charge in [0.05, 0.1) is 5.69 Å². The van der Waals surface area contributed by atoms with Gasteiger partial charge in [-0.2, -0.15) is 13.2 Å². The molecule has 9 heteroatoms. The molecule has 1 fully saturated rings. The molecule has 2 N–H and O–H groups in total. The van der Waals surface area contributed by atoms with Crippen LogP contribution in [0.3, 0.4) is 0 Å². The van der Waals surface area contributed by atoms with E-state index in [0.717, 1.165) is 12.8 Å². The van der Waals surface area contributed by atoms with E-state index in [4.69, 9.17) is 0 Å². The van der Waals surface area contributed by atoms with Crippen molar-refractivity contribution in [3.05, 3.63) is 36.4 Å². The summed E-state index contributed by atoms with van der Waals surface area (Å²) in [6.07, 6.45) is -1.52. The van der Waals surface area contributed by atoms with Gasteiger partial charge in [0.15, 0.2) is 17.0 Å². The number of hydrogen-bond donors (Lipinski definition) is 2. The van der Waals surface area contributed by atoms with Crippen molar-refractivity contribution < 1.29 is 18.3 Å². The normalized spacial score (nSPS) is 15.0. The molecule has 0 unspecified atom stereocenters. The van der Waals surface area contributed by atoms with Crippen LogP contribution in [0.1, 0.15) is 18.7 Å². The average Bonchev–Trinajstić information content (AvgIpc) is 3.22. The number of nitrogens with zero attached hydrogens (tertiary/aromatic N) is 4. The maximum atomic E-state index is 13.1. The van der Waals surface area contributed by atoms with Crippen LogP contribution in [0.5, 0.6) is 5.75 Å². The lowest BCUT2D eigenvalue weighted by atomic mass is 10.3. The van der Waals surface area contributed by atoms with Gasteiger partial charge < -0.3 is 10.4 Å². The predicted octanol–water partition coefficient (Wildman–Crippen LogP) is 3.11. The summed E-state index contributed by atoms with van der Waals surface area (Å²) >= 11 is 0. The van der Waals surface area contributed by atoms with Gasteiger partial charge >= 0.3 is 6.18 Å². The average molecular weight is 335 g/mol. The zero-order valence-corrected chi connectivity index (χ0v) is 12.2. The van der Waals surface area contributed by atoms with E-state index in [0.29, 0.717) is 5.69 Å². The minimum absolute atomic E-state index is 0.00391. The van der Waals surface area contributed by atoms with Crippen LogP contribution in [-0.4, -0.2) is 30.7 Å². The maximum Gasteiger partial charge on any atom is 0.451 e. The first-order valence-electron chi connectivity index (χ1n) is 7.30. The molecule has 0 atom stereocenters. The zero-order chi connectivity index (χ0) is 16.9. The number of halogens is 3. The van der Waals surface area contributed by atoms with Gasteiger partial charge in [0, 0.05) is 12.1 Å². The molecule has 6 nitrogen and oxygen atoms in total. The first-order valence-corrected chi connectivity index (χ1v) is 7.30. The summed E-state index contributed by atoms with van der Waals surface area (Å²) < 4.78 is 40.8. The Balaban J connectivity index is 1.93. The molecule has 124 valence electrons. The molecule has 0 bridgehead atoms. The number of anilines is 1. The summed E-state index contributed by atoms with van der Waals surface area (Å²) in [5.41, 5.74) is 0.756. The highest BCUT2D eigenvalue weighted by atomic mass is 19.4. The number of phenolic OH excluding ortho intramolecular Hbond substituents is 1. The molecule has 4 rings (SSSR count). The monoisotopic (exact) mass is 335 g/mol. The summed E-state index contributed by atoms with van der Waals surface area (Å²) in [6, 6.07) is 6.24. The quantitative estimate of drug-likeness (QED) is 0.769. The second-order valence-corrected chi connectivity index (χ2v) is 5.62. The maximum absolute atomic E-state index is 13.1. The highest BCUT2D eigenvalue weighted by Crippen LogP contribution is 2.33. The van der Waals surface area contributed by atoms with Gasteiger partial charge in [-0.25, -0.2) is 15.0 Å². The minimum atomic E-state index is -4.66. The van der Waals surface area contributed by atoms with Crippen molar-refractivity contribution in [3.63, 3.8) is 0 Å². The van der Waals surface area contributed by atoms with Crippen molar-refractivity contribution in [2.75, 3.05) is 5.32 Å². The van der Waals surface area contributed by atoms with E-state index in [2.05, 4.69) is 20.3 Å². The standard InChI is InChI=1S/C15H12F3N5O/c16-15(17,18)14-21-12(20-8-4-5-8)11-13(22-14)23(7-19-11)9-2-1-3-10(24)6-9/h1-3,6-8,24H,4-5H2,(H,20,21,22). The third-order valence-corrected chi connectivity index (χ3v) is 3.68. The Labute approximate surface area is 134 Å². The fraction of sp³-hybridized carbons (Fsp3) is 0.267. The fourth-order valence-corrected chi connectivity index (χ4v) is 2.38. The smallest absolute Gasteiger partial charge is 0.451 e. The molecule has 1 saturated carbocycles. The Morgan fingerprint density at radius 1 is 1.21 bits per heavy atom. The fourth-order valence-electron chi connectivity index (χ4n) is 2.38. The van der Waals surface area contributed by atoms with E-state index < -0.39 is 12.0 Å². The molecule has 0 radical (unpaired) electrons. The molecule has 2 aromatic heterocycles. The first-order chi connectivity index (χ1) is 11.4. The Morgan fingerprint density at radius 2 is 2.00 bits per heavy atom. The number of nitrogens with one attached hydrogen (secondary N) is 1. The van der Waals surface area contributed by atoms with Gasteiger partial charge in [-0.1, -0.05) is 6.07 Å². The Kier molecular flexibility index (Phi) is 3.12. The molecule has 0 saturated heterocycles. The number of fused-ring (bicyclic) bond motifs is 1. The summed E-state index contributed by atoms with van der Waals surface area (Å²) in [6.45, 7) is 0. The SMILES string of the molecule is Oc1cccc(-n2cnc3c(NC4CC4)nc(C(F)(F)F)nc32)c1. The van der Waals surface area contributed by atoms with Gasteiger partial charge in [0.1, 0.15) is 12.1 Å². The summed E-state index contributed by atoms with van der Waals surface area (Å²) in [4.78, 5) is 11.4. The van der Waals surface area contributed by atoms with Crippen LogP contribution in [-0.2, 0) is 6.18 Å². The lowest BCUT2D eigenvalue weighted by Crippen LogP contribution is -2.15. The molecule has 3 aromatic rings. The van der Waals surface area contributed by atoms with Crippen molar-refractivity contribution in [1.82, 2.24) is 19.5 Å². The van der Waals surface area contributed by atoms with Crippen LogP contribution in [0.25, 0.3) is 16.9 Å². The van der Waals surface area contributed by atoms with Crippen molar-refractivity contribution in [1.29, 1.82) is 0 Å². The third kappa shape index (κ3) is 2.61. The number of phenols is 1. The van der Waals surface area contributed by atoms with E-state index in [1.165, 1.54) is 23.0 Å². The van der Waals surface area contributed by atoms with Crippen LogP contribution < -0.4 is 5.32 Å². The summed E-state index contributed by atoms with van der Waals surface area (Å²) in [5, 5.41) is 12.6. The Morgan fingerprint density at radius 3 is 2.67 bits per heavy atom. The van der Waals surface area contributed by atoms with E-state index in [-0.39, 0.29) is 28.8 Å². The lowest BCUT2D eigenvalue weighted by Gasteiger charge is -2.10. The number of aromatic nitrogens is 4. The molecular formula is C15H12F3N5O. The Bertz CT molecular complexity index is 917. The van der Waals surface area contributed by atoms with Crippen LogP contribution in [0.4, 0.5) is 19.0 Å². The van der Waals surface area contributed by atoms with E-state index in [1.807, 2.05) is 0 Å². The van der Waals surface area contributed by atoms with Crippen LogP contribution in [0.15, 0.2) is 30.6 Å². The number of aromatic hydroxyl groups is 1. The largest absolute Gasteiger partial charge is 0.508 e. The lowest BCUT2D eigenvalue weighted by molar-refractivity contribution is -0.144. The van der Waals surface area contributed by atoms with Gasteiger partial charge in [0.2, 0.25) is 5.82 Å². The number of rotatable bonds is 3. The molecule has 1 aromatic carbocycles. The second kappa shape index (κ2) is 5.08. The molecule has 1 aliphatic carbocycles. The number of imidazole rings is 1. The zero-order valence-electron chi connectivity index (χ0n) is 12.2. The van der Waals surface area contributed by atoms with Crippen LogP contribution >= 0.6 is 0 Å². The highest BCUT2D eigenvalue weighted by molar-refractivity contribution is 5.84. The van der Waals surface area contributed by atoms with E-state index in [9.17, 15) is 18.3 Å². The van der Waals surface area contributed by atoms with Crippen molar-refractivity contribution in [2.24, 2.45) is 0 Å². The van der Waals surface area contributed by atoms with E-state index in [1.54, 1.807) is 12.1 Å². The molecule has 0 amide bonds. The third-order valence-electron chi connectivity index (χ3n) is 3.68. The van der Waals surface area contributed by atoms with Crippen LogP contribution in [0.2, 0.25) is 0 Å². The molecule has 0 spiro atoms. The number of alkyl halides is 3. The second-order valence-electron chi connectivity index (χ2n) is 5.62. The molecule has 0 aliphatic heterocycles. The van der Waals surface area contributed by atoms with Crippen LogP contribution in [0, 0.1) is 0 Å². The highest BCUT2D eigenvalue weighted by Gasteiger charge is 2.37. The van der Waals surface area contributed by atoms with Crippen molar-refractivity contribution in [2.45, 2.75) is 25.1 Å². The topological polar surface area (TPSA) is 75.9 Å². The van der Waals surface area contributed by atoms with Crippen molar-refractivity contribution >= 4 is 17.0 Å². The summed E-state index contributed by atoms with van der Waals surface area (Å²) in [7, 11) is 0. The predicted molar refractivity (Wildman–Crippen MR) is 80.0 cm³/mol. The number of hydrogen-bond acceptors (Lipinski definition) is 5. The minimum Gasteiger partial charge on any atom is -0.508 e. The van der Waals surface area contributed by atoms with Gasteiger partial charge in [-0.05, 0) is 25.0 Å². The summed E-state index contributed by atoms with van der Waals surface area (Å²) in [5.74, 6) is -1.15. The van der Waals surface area contributed by atoms with Gasteiger partial charge in [-0.3, -0.25) is 4.57 Å². The molecule has 2 heterocycles. The molecular weight excluding hydrogens is 323 g/mol. The van der Waals surface area contributed by atoms with Gasteiger partial charge in [0.25, 0.3) is 0 Å². The number of benzene rings is 1. The van der Waals surface area contributed by atoms with E-state index >= 15 is 0 Å². The molecule has 1 aliphatic rings. The van der Waals surface area contributed by atoms with Crippen molar-refractivity contribution in [3.8, 4) is 11.4 Å². The first kappa shape index (κ1) is 14.7. The molecule has 24 heavy (non-hydrogen) atoms.